The van der Waals surface area contributed by atoms with Gasteiger partial charge in [0.1, 0.15) is 0 Å². The van der Waals surface area contributed by atoms with Crippen LogP contribution in [0.2, 0.25) is 0 Å². The lowest BCUT2D eigenvalue weighted by molar-refractivity contribution is -0.141. The van der Waals surface area contributed by atoms with Gasteiger partial charge in [0.05, 0.1) is 24.5 Å². The van der Waals surface area contributed by atoms with Crippen LogP contribution in [-0.4, -0.2) is 76.2 Å². The van der Waals surface area contributed by atoms with E-state index >= 15 is 0 Å². The molecule has 1 N–H and O–H groups in total. The van der Waals surface area contributed by atoms with Crippen LogP contribution >= 0.6 is 0 Å². The molecule has 0 radical (unpaired) electrons. The number of hydrogen-bond donors (Lipinski definition) is 1. The first kappa shape index (κ1) is 17.9. The maximum atomic E-state index is 11.3. The number of hydrogen-bond acceptors (Lipinski definition) is 5. The zero-order valence-corrected chi connectivity index (χ0v) is 15.4. The maximum Gasteiger partial charge on any atom is 0.0849 e. The summed E-state index contributed by atoms with van der Waals surface area (Å²) in [5.41, 5.74) is 0.340. The molecule has 6 heteroatoms. The van der Waals surface area contributed by atoms with E-state index in [1.807, 2.05) is 10.9 Å². The Kier molecular flexibility index (Phi) is 5.30. The molecule has 0 spiro atoms. The van der Waals surface area contributed by atoms with Gasteiger partial charge in [0.2, 0.25) is 0 Å². The minimum atomic E-state index is -0.635. The molecule has 2 aliphatic rings. The van der Waals surface area contributed by atoms with E-state index in [4.69, 9.17) is 4.74 Å². The molecule has 24 heavy (non-hydrogen) atoms. The second-order valence-corrected chi connectivity index (χ2v) is 7.93. The van der Waals surface area contributed by atoms with Gasteiger partial charge in [-0.2, -0.15) is 5.10 Å². The molecule has 2 saturated heterocycles. The maximum absolute atomic E-state index is 11.3. The Bertz CT molecular complexity index is 539. The second-order valence-electron chi connectivity index (χ2n) is 7.93. The van der Waals surface area contributed by atoms with Gasteiger partial charge in [-0.15, -0.1) is 0 Å². The van der Waals surface area contributed by atoms with E-state index in [9.17, 15) is 5.11 Å². The first-order valence-electron chi connectivity index (χ1n) is 9.19. The Morgan fingerprint density at radius 1 is 1.21 bits per heavy atom. The van der Waals surface area contributed by atoms with Gasteiger partial charge >= 0.3 is 0 Å². The lowest BCUT2D eigenvalue weighted by Gasteiger charge is -2.52. The molecular formula is C18H32N4O2. The minimum Gasteiger partial charge on any atom is -0.388 e. The van der Waals surface area contributed by atoms with Gasteiger partial charge in [0, 0.05) is 57.4 Å². The monoisotopic (exact) mass is 336 g/mol. The fourth-order valence-corrected chi connectivity index (χ4v) is 3.92. The first-order chi connectivity index (χ1) is 11.4. The summed E-state index contributed by atoms with van der Waals surface area (Å²) in [4.78, 5) is 4.78. The number of morpholine rings is 1. The molecule has 6 nitrogen and oxygen atoms in total. The van der Waals surface area contributed by atoms with Crippen molar-refractivity contribution < 1.29 is 9.84 Å². The van der Waals surface area contributed by atoms with Crippen LogP contribution in [-0.2, 0) is 17.8 Å². The van der Waals surface area contributed by atoms with Crippen LogP contribution in [0.5, 0.6) is 0 Å². The smallest absolute Gasteiger partial charge is 0.0849 e. The zero-order valence-electron chi connectivity index (χ0n) is 15.4. The fraction of sp³-hybridized carbons (Fsp3) is 0.833. The number of piperidine rings is 1. The Labute approximate surface area is 145 Å². The van der Waals surface area contributed by atoms with Crippen molar-refractivity contribution in [3.63, 3.8) is 0 Å². The normalized spacial score (nSPS) is 29.0. The van der Waals surface area contributed by atoms with Crippen LogP contribution in [0.3, 0.4) is 0 Å². The first-order valence-corrected chi connectivity index (χ1v) is 9.19. The summed E-state index contributed by atoms with van der Waals surface area (Å²) in [7, 11) is 0. The van der Waals surface area contributed by atoms with E-state index in [1.165, 1.54) is 0 Å². The number of ether oxygens (including phenoxy) is 1. The Morgan fingerprint density at radius 3 is 2.58 bits per heavy atom. The van der Waals surface area contributed by atoms with Crippen LogP contribution < -0.4 is 0 Å². The number of likely N-dealkylation sites (tertiary alicyclic amines) is 1. The average Bonchev–Trinajstić information content (AvgIpc) is 3.00. The van der Waals surface area contributed by atoms with Crippen molar-refractivity contribution in [2.24, 2.45) is 5.41 Å². The van der Waals surface area contributed by atoms with Crippen molar-refractivity contribution in [3.05, 3.63) is 18.0 Å². The molecule has 1 aromatic rings. The molecule has 2 aliphatic heterocycles. The number of aryl methyl sites for hydroxylation is 1. The van der Waals surface area contributed by atoms with Crippen molar-refractivity contribution in [3.8, 4) is 0 Å². The molecule has 136 valence electrons. The molecule has 0 aliphatic carbocycles. The van der Waals surface area contributed by atoms with Crippen molar-refractivity contribution in [2.75, 3.05) is 45.9 Å². The van der Waals surface area contributed by atoms with Crippen molar-refractivity contribution in [1.82, 2.24) is 19.6 Å². The number of aromatic nitrogens is 2. The van der Waals surface area contributed by atoms with Crippen LogP contribution in [0.4, 0.5) is 0 Å². The Morgan fingerprint density at radius 2 is 1.96 bits per heavy atom. The molecule has 0 amide bonds. The highest BCUT2D eigenvalue weighted by atomic mass is 16.5. The van der Waals surface area contributed by atoms with Gasteiger partial charge in [0.25, 0.3) is 0 Å². The molecule has 2 fully saturated rings. The Balaban J connectivity index is 1.60. The van der Waals surface area contributed by atoms with Crippen molar-refractivity contribution >= 4 is 0 Å². The van der Waals surface area contributed by atoms with Gasteiger partial charge in [-0.1, -0.05) is 13.8 Å². The number of rotatable bonds is 5. The summed E-state index contributed by atoms with van der Waals surface area (Å²) in [6.45, 7) is 14.3. The molecule has 0 unspecified atom stereocenters. The van der Waals surface area contributed by atoms with Crippen LogP contribution in [0.25, 0.3) is 0 Å². The SMILES string of the molecule is CCn1ccc(CN2CC[C@](O)(CN3CCOCC3)C(C)(C)C2)n1. The molecule has 0 aromatic carbocycles. The van der Waals surface area contributed by atoms with Gasteiger partial charge in [0.15, 0.2) is 0 Å². The molecule has 3 rings (SSSR count). The topological polar surface area (TPSA) is 53.8 Å². The third kappa shape index (κ3) is 3.82. The summed E-state index contributed by atoms with van der Waals surface area (Å²) < 4.78 is 7.40. The van der Waals surface area contributed by atoms with E-state index < -0.39 is 5.60 Å². The quantitative estimate of drug-likeness (QED) is 0.876. The third-order valence-electron chi connectivity index (χ3n) is 5.71. The highest BCUT2D eigenvalue weighted by Gasteiger charge is 2.48. The number of aliphatic hydroxyl groups is 1. The number of nitrogens with zero attached hydrogens (tertiary/aromatic N) is 4. The predicted octanol–water partition coefficient (Wildman–Crippen LogP) is 1.20. The molecule has 1 atom stereocenters. The standard InChI is InChI=1S/C18H32N4O2/c1-4-22-7-5-16(19-22)13-21-8-6-18(23,17(2,3)14-21)15-20-9-11-24-12-10-20/h5,7,23H,4,6,8-15H2,1-3H3/t18-/m0/s1. The summed E-state index contributed by atoms with van der Waals surface area (Å²) in [5.74, 6) is 0. The fourth-order valence-electron chi connectivity index (χ4n) is 3.92. The Hall–Kier alpha value is -0.950. The average molecular weight is 336 g/mol. The largest absolute Gasteiger partial charge is 0.388 e. The van der Waals surface area contributed by atoms with E-state index in [1.54, 1.807) is 0 Å². The highest BCUT2D eigenvalue weighted by Crippen LogP contribution is 2.39. The molecule has 3 heterocycles. The van der Waals surface area contributed by atoms with E-state index in [0.29, 0.717) is 0 Å². The number of β-amino-alcohol motifs (C(OH)–C–C–N with tert-alkyl or cyclic N) is 1. The molecular weight excluding hydrogens is 304 g/mol. The third-order valence-corrected chi connectivity index (χ3v) is 5.71. The molecule has 0 saturated carbocycles. The predicted molar refractivity (Wildman–Crippen MR) is 93.8 cm³/mol. The second kappa shape index (κ2) is 7.12. The lowest BCUT2D eigenvalue weighted by Crippen LogP contribution is -2.62. The van der Waals surface area contributed by atoms with Gasteiger partial charge < -0.3 is 9.84 Å². The summed E-state index contributed by atoms with van der Waals surface area (Å²) in [6.07, 6.45) is 2.85. The van der Waals surface area contributed by atoms with Gasteiger partial charge in [-0.05, 0) is 19.4 Å². The molecule has 0 bridgehead atoms. The van der Waals surface area contributed by atoms with E-state index in [0.717, 1.165) is 71.1 Å². The van der Waals surface area contributed by atoms with E-state index in [-0.39, 0.29) is 5.41 Å². The van der Waals surface area contributed by atoms with Gasteiger partial charge in [-0.3, -0.25) is 14.5 Å². The van der Waals surface area contributed by atoms with Crippen molar-refractivity contribution in [1.29, 1.82) is 0 Å². The summed E-state index contributed by atoms with van der Waals surface area (Å²) in [6, 6.07) is 2.10. The van der Waals surface area contributed by atoms with Crippen LogP contribution in [0, 0.1) is 5.41 Å². The minimum absolute atomic E-state index is 0.142. The van der Waals surface area contributed by atoms with Crippen molar-refractivity contribution in [2.45, 2.75) is 45.9 Å². The summed E-state index contributed by atoms with van der Waals surface area (Å²) in [5, 5.41) is 15.9. The molecule has 1 aromatic heterocycles. The highest BCUT2D eigenvalue weighted by molar-refractivity contribution is 5.04. The summed E-state index contributed by atoms with van der Waals surface area (Å²) >= 11 is 0. The van der Waals surface area contributed by atoms with Crippen LogP contribution in [0.1, 0.15) is 32.9 Å². The van der Waals surface area contributed by atoms with Crippen LogP contribution in [0.15, 0.2) is 12.3 Å². The zero-order chi connectivity index (χ0) is 17.2. The van der Waals surface area contributed by atoms with E-state index in [2.05, 4.69) is 41.7 Å². The lowest BCUT2D eigenvalue weighted by atomic mass is 9.69. The van der Waals surface area contributed by atoms with Gasteiger partial charge in [-0.25, -0.2) is 0 Å².